The van der Waals surface area contributed by atoms with Crippen molar-refractivity contribution in [1.82, 2.24) is 0 Å². The molecule has 0 aliphatic carbocycles. The summed E-state index contributed by atoms with van der Waals surface area (Å²) in [6.07, 6.45) is 2.69. The van der Waals surface area contributed by atoms with Crippen molar-refractivity contribution < 1.29 is 9.53 Å². The Labute approximate surface area is 85.4 Å². The maximum absolute atomic E-state index is 11.1. The Kier molecular flexibility index (Phi) is 8.30. The van der Waals surface area contributed by atoms with E-state index in [1.165, 1.54) is 6.42 Å². The van der Waals surface area contributed by atoms with E-state index in [0.717, 1.165) is 17.9 Å². The maximum atomic E-state index is 11.1. The summed E-state index contributed by atoms with van der Waals surface area (Å²) in [5, 5.41) is 0. The third kappa shape index (κ3) is 8.16. The van der Waals surface area contributed by atoms with Gasteiger partial charge in [0.05, 0.1) is 12.5 Å². The summed E-state index contributed by atoms with van der Waals surface area (Å²) < 4.78 is 5.13. The van der Waals surface area contributed by atoms with Crippen molar-refractivity contribution in [3.63, 3.8) is 0 Å². The summed E-state index contributed by atoms with van der Waals surface area (Å²) in [5.41, 5.74) is 0. The lowest BCUT2D eigenvalue weighted by Gasteiger charge is -2.10. The van der Waals surface area contributed by atoms with Gasteiger partial charge in [0.2, 0.25) is 0 Å². The highest BCUT2D eigenvalue weighted by Gasteiger charge is 2.06. The molecule has 13 heavy (non-hydrogen) atoms. The minimum atomic E-state index is -0.0575. The van der Waals surface area contributed by atoms with E-state index in [0.29, 0.717) is 6.42 Å². The highest BCUT2D eigenvalue weighted by Crippen LogP contribution is 2.06. The van der Waals surface area contributed by atoms with E-state index in [9.17, 15) is 4.79 Å². The lowest BCUT2D eigenvalue weighted by atomic mass is 10.3. The van der Waals surface area contributed by atoms with E-state index in [4.69, 9.17) is 4.74 Å². The first kappa shape index (κ1) is 12.8. The molecule has 0 saturated heterocycles. The SMILES string of the molecule is CCCSCCC(=O)OC(C)CC. The fraction of sp³-hybridized carbons (Fsp3) is 0.900. The quantitative estimate of drug-likeness (QED) is 0.471. The normalized spacial score (nSPS) is 12.5. The largest absolute Gasteiger partial charge is 0.463 e. The first-order valence-electron chi connectivity index (χ1n) is 4.97. The summed E-state index contributed by atoms with van der Waals surface area (Å²) in [4.78, 5) is 11.1. The zero-order chi connectivity index (χ0) is 10.1. The van der Waals surface area contributed by atoms with Crippen LogP contribution in [0.3, 0.4) is 0 Å². The Bertz CT molecular complexity index is 137. The number of ether oxygens (including phenoxy) is 1. The van der Waals surface area contributed by atoms with Crippen LogP contribution in [-0.2, 0) is 9.53 Å². The molecule has 0 amide bonds. The number of carbonyl (C=O) groups is 1. The van der Waals surface area contributed by atoms with Gasteiger partial charge in [0.25, 0.3) is 0 Å². The molecule has 0 aliphatic heterocycles. The van der Waals surface area contributed by atoms with Crippen LogP contribution in [0.15, 0.2) is 0 Å². The van der Waals surface area contributed by atoms with E-state index in [-0.39, 0.29) is 12.1 Å². The molecule has 0 saturated carbocycles. The van der Waals surface area contributed by atoms with Crippen molar-refractivity contribution in [2.75, 3.05) is 11.5 Å². The van der Waals surface area contributed by atoms with E-state index < -0.39 is 0 Å². The molecule has 0 fully saturated rings. The zero-order valence-corrected chi connectivity index (χ0v) is 9.65. The first-order valence-corrected chi connectivity index (χ1v) is 6.13. The van der Waals surface area contributed by atoms with Crippen LogP contribution in [0.25, 0.3) is 0 Å². The molecular formula is C10H20O2S. The average molecular weight is 204 g/mol. The Morgan fingerprint density at radius 2 is 2.08 bits per heavy atom. The monoisotopic (exact) mass is 204 g/mol. The number of rotatable bonds is 7. The predicted octanol–water partition coefficient (Wildman–Crippen LogP) is 2.86. The van der Waals surface area contributed by atoms with Crippen molar-refractivity contribution in [3.8, 4) is 0 Å². The molecular weight excluding hydrogens is 184 g/mol. The Balaban J connectivity index is 3.30. The van der Waals surface area contributed by atoms with Crippen LogP contribution in [-0.4, -0.2) is 23.6 Å². The molecule has 0 N–H and O–H groups in total. The van der Waals surface area contributed by atoms with Crippen molar-refractivity contribution >= 4 is 17.7 Å². The first-order chi connectivity index (χ1) is 6.20. The third-order valence-electron chi connectivity index (χ3n) is 1.71. The molecule has 78 valence electrons. The molecule has 0 bridgehead atoms. The van der Waals surface area contributed by atoms with Crippen LogP contribution >= 0.6 is 11.8 Å². The molecule has 0 heterocycles. The summed E-state index contributed by atoms with van der Waals surface area (Å²) in [7, 11) is 0. The molecule has 0 spiro atoms. The van der Waals surface area contributed by atoms with Crippen molar-refractivity contribution in [1.29, 1.82) is 0 Å². The number of thioether (sulfide) groups is 1. The minimum absolute atomic E-state index is 0.0575. The highest BCUT2D eigenvalue weighted by molar-refractivity contribution is 7.99. The molecule has 0 rings (SSSR count). The van der Waals surface area contributed by atoms with Crippen LogP contribution in [0, 0.1) is 0 Å². The Morgan fingerprint density at radius 1 is 1.38 bits per heavy atom. The maximum Gasteiger partial charge on any atom is 0.306 e. The molecule has 0 aromatic heterocycles. The molecule has 2 nitrogen and oxygen atoms in total. The molecule has 0 radical (unpaired) electrons. The molecule has 3 heteroatoms. The van der Waals surface area contributed by atoms with Gasteiger partial charge in [0, 0.05) is 5.75 Å². The fourth-order valence-electron chi connectivity index (χ4n) is 0.769. The average Bonchev–Trinajstić information content (AvgIpc) is 2.12. The van der Waals surface area contributed by atoms with Gasteiger partial charge < -0.3 is 4.74 Å². The van der Waals surface area contributed by atoms with E-state index in [1.54, 1.807) is 0 Å². The van der Waals surface area contributed by atoms with E-state index in [2.05, 4.69) is 6.92 Å². The van der Waals surface area contributed by atoms with Gasteiger partial charge >= 0.3 is 5.97 Å². The van der Waals surface area contributed by atoms with Crippen LogP contribution in [0.2, 0.25) is 0 Å². The van der Waals surface area contributed by atoms with E-state index in [1.807, 2.05) is 25.6 Å². The number of carbonyl (C=O) groups excluding carboxylic acids is 1. The topological polar surface area (TPSA) is 26.3 Å². The second kappa shape index (κ2) is 8.42. The van der Waals surface area contributed by atoms with Crippen LogP contribution in [0.4, 0.5) is 0 Å². The van der Waals surface area contributed by atoms with Crippen molar-refractivity contribution in [2.45, 2.75) is 46.1 Å². The van der Waals surface area contributed by atoms with E-state index >= 15 is 0 Å². The molecule has 0 aromatic rings. The second-order valence-corrected chi connectivity index (χ2v) is 4.30. The number of hydrogen-bond acceptors (Lipinski definition) is 3. The third-order valence-corrected chi connectivity index (χ3v) is 2.90. The Morgan fingerprint density at radius 3 is 2.62 bits per heavy atom. The summed E-state index contributed by atoms with van der Waals surface area (Å²) in [6, 6.07) is 0. The molecule has 0 aliphatic rings. The van der Waals surface area contributed by atoms with Gasteiger partial charge in [-0.15, -0.1) is 0 Å². The smallest absolute Gasteiger partial charge is 0.306 e. The lowest BCUT2D eigenvalue weighted by Crippen LogP contribution is -2.14. The highest BCUT2D eigenvalue weighted by atomic mass is 32.2. The van der Waals surface area contributed by atoms with Crippen molar-refractivity contribution in [3.05, 3.63) is 0 Å². The van der Waals surface area contributed by atoms with Gasteiger partial charge in [-0.3, -0.25) is 4.79 Å². The van der Waals surface area contributed by atoms with Gasteiger partial charge in [-0.1, -0.05) is 13.8 Å². The summed E-state index contributed by atoms with van der Waals surface area (Å²) in [6.45, 7) is 6.09. The lowest BCUT2D eigenvalue weighted by molar-refractivity contribution is -0.147. The number of esters is 1. The second-order valence-electron chi connectivity index (χ2n) is 3.07. The van der Waals surface area contributed by atoms with Gasteiger partial charge in [-0.25, -0.2) is 0 Å². The van der Waals surface area contributed by atoms with Gasteiger partial charge in [-0.2, -0.15) is 11.8 Å². The van der Waals surface area contributed by atoms with Crippen LogP contribution in [0.1, 0.15) is 40.0 Å². The van der Waals surface area contributed by atoms with Crippen LogP contribution in [0.5, 0.6) is 0 Å². The minimum Gasteiger partial charge on any atom is -0.463 e. The molecule has 0 aromatic carbocycles. The van der Waals surface area contributed by atoms with Gasteiger partial charge in [0.15, 0.2) is 0 Å². The summed E-state index contributed by atoms with van der Waals surface area (Å²) >= 11 is 1.82. The standard InChI is InChI=1S/C10H20O2S/c1-4-7-13-8-6-10(11)12-9(3)5-2/h9H,4-8H2,1-3H3. The van der Waals surface area contributed by atoms with Crippen LogP contribution < -0.4 is 0 Å². The van der Waals surface area contributed by atoms with Crippen molar-refractivity contribution in [2.24, 2.45) is 0 Å². The molecule has 1 atom stereocenters. The van der Waals surface area contributed by atoms with Gasteiger partial charge in [0.1, 0.15) is 0 Å². The Hall–Kier alpha value is -0.180. The fourth-order valence-corrected chi connectivity index (χ4v) is 1.57. The summed E-state index contributed by atoms with van der Waals surface area (Å²) in [5.74, 6) is 1.97. The molecule has 1 unspecified atom stereocenters. The number of hydrogen-bond donors (Lipinski definition) is 0. The zero-order valence-electron chi connectivity index (χ0n) is 8.84. The van der Waals surface area contributed by atoms with Gasteiger partial charge in [-0.05, 0) is 25.5 Å². The predicted molar refractivity (Wildman–Crippen MR) is 58.1 cm³/mol.